The van der Waals surface area contributed by atoms with E-state index in [2.05, 4.69) is 9.97 Å². The third-order valence-corrected chi connectivity index (χ3v) is 0.894. The number of rotatable bonds is 1. The minimum Gasteiger partial charge on any atom is -0.390 e. The second-order valence-electron chi connectivity index (χ2n) is 1.48. The maximum Gasteiger partial charge on any atom is 0.165 e. The van der Waals surface area contributed by atoms with E-state index >= 15 is 0 Å². The van der Waals surface area contributed by atoms with Crippen LogP contribution in [0.15, 0.2) is 12.5 Å². The summed E-state index contributed by atoms with van der Waals surface area (Å²) in [5.41, 5.74) is 0.0324. The van der Waals surface area contributed by atoms with Gasteiger partial charge in [0.05, 0.1) is 12.8 Å². The number of aromatic nitrogens is 2. The first kappa shape index (κ1) is 6.10. The van der Waals surface area contributed by atoms with E-state index in [0.717, 1.165) is 6.20 Å². The van der Waals surface area contributed by atoms with E-state index in [1.165, 1.54) is 6.33 Å². The van der Waals surface area contributed by atoms with Crippen molar-refractivity contribution in [2.75, 3.05) is 0 Å². The smallest absolute Gasteiger partial charge is 0.165 e. The van der Waals surface area contributed by atoms with Gasteiger partial charge in [0.2, 0.25) is 0 Å². The Morgan fingerprint density at radius 1 is 1.67 bits per heavy atom. The van der Waals surface area contributed by atoms with Crippen LogP contribution in [0.4, 0.5) is 4.39 Å². The molecule has 0 spiro atoms. The van der Waals surface area contributed by atoms with Gasteiger partial charge in [0.15, 0.2) is 5.82 Å². The van der Waals surface area contributed by atoms with Gasteiger partial charge < -0.3 is 5.11 Å². The highest BCUT2D eigenvalue weighted by Gasteiger charge is 1.98. The van der Waals surface area contributed by atoms with Crippen LogP contribution in [0.3, 0.4) is 0 Å². The summed E-state index contributed by atoms with van der Waals surface area (Å²) < 4.78 is 12.3. The zero-order valence-electron chi connectivity index (χ0n) is 4.58. The Kier molecular flexibility index (Phi) is 1.69. The first-order valence-electron chi connectivity index (χ1n) is 2.40. The molecule has 0 bridgehead atoms. The van der Waals surface area contributed by atoms with Crippen LogP contribution in [-0.4, -0.2) is 15.1 Å². The number of nitrogens with zero attached hydrogens (tertiary/aromatic N) is 2. The molecule has 48 valence electrons. The SMILES string of the molecule is OCc1ncncc1F. The molecule has 1 N–H and O–H groups in total. The summed E-state index contributed by atoms with van der Waals surface area (Å²) in [5.74, 6) is -0.569. The highest BCUT2D eigenvalue weighted by molar-refractivity contribution is 4.99. The molecule has 0 aliphatic heterocycles. The van der Waals surface area contributed by atoms with Crippen molar-refractivity contribution in [3.63, 3.8) is 0 Å². The standard InChI is InChI=1S/C5H5FN2O/c6-4-1-7-3-8-5(4)2-9/h1,3,9H,2H2. The lowest BCUT2D eigenvalue weighted by Gasteiger charge is -1.92. The molecule has 1 aromatic rings. The largest absolute Gasteiger partial charge is 0.390 e. The molecule has 0 unspecified atom stereocenters. The number of hydrogen-bond acceptors (Lipinski definition) is 3. The fraction of sp³-hybridized carbons (Fsp3) is 0.200. The predicted octanol–water partition coefficient (Wildman–Crippen LogP) is 0.108. The zero-order chi connectivity index (χ0) is 6.69. The van der Waals surface area contributed by atoms with Crippen LogP contribution in [0.1, 0.15) is 5.69 Å². The highest BCUT2D eigenvalue weighted by Crippen LogP contribution is 1.98. The maximum atomic E-state index is 12.3. The van der Waals surface area contributed by atoms with E-state index in [4.69, 9.17) is 5.11 Å². The minimum atomic E-state index is -0.569. The van der Waals surface area contributed by atoms with Gasteiger partial charge in [-0.2, -0.15) is 0 Å². The van der Waals surface area contributed by atoms with Gasteiger partial charge >= 0.3 is 0 Å². The molecule has 0 radical (unpaired) electrons. The van der Waals surface area contributed by atoms with Gasteiger partial charge in [0.1, 0.15) is 12.0 Å². The van der Waals surface area contributed by atoms with Gasteiger partial charge in [0, 0.05) is 0 Å². The van der Waals surface area contributed by atoms with Crippen LogP contribution in [0, 0.1) is 5.82 Å². The van der Waals surface area contributed by atoms with Crippen molar-refractivity contribution >= 4 is 0 Å². The van der Waals surface area contributed by atoms with Gasteiger partial charge in [-0.1, -0.05) is 0 Å². The molecule has 0 aromatic carbocycles. The molecule has 0 saturated heterocycles. The molecule has 3 nitrogen and oxygen atoms in total. The number of hydrogen-bond donors (Lipinski definition) is 1. The molecular formula is C5H5FN2O. The van der Waals surface area contributed by atoms with Crippen molar-refractivity contribution in [2.24, 2.45) is 0 Å². The van der Waals surface area contributed by atoms with Crippen molar-refractivity contribution in [1.82, 2.24) is 9.97 Å². The zero-order valence-corrected chi connectivity index (χ0v) is 4.58. The van der Waals surface area contributed by atoms with E-state index in [9.17, 15) is 4.39 Å². The fourth-order valence-electron chi connectivity index (χ4n) is 0.454. The molecule has 0 atom stereocenters. The summed E-state index contributed by atoms with van der Waals surface area (Å²) in [4.78, 5) is 6.86. The van der Waals surface area contributed by atoms with E-state index < -0.39 is 5.82 Å². The summed E-state index contributed by atoms with van der Waals surface area (Å²) in [6.07, 6.45) is 2.20. The number of aliphatic hydroxyl groups excluding tert-OH is 1. The number of halogens is 1. The predicted molar refractivity (Wildman–Crippen MR) is 27.9 cm³/mol. The molecule has 0 saturated carbocycles. The van der Waals surface area contributed by atoms with Gasteiger partial charge in [0.25, 0.3) is 0 Å². The third-order valence-electron chi connectivity index (χ3n) is 0.894. The van der Waals surface area contributed by atoms with Crippen molar-refractivity contribution in [2.45, 2.75) is 6.61 Å². The van der Waals surface area contributed by atoms with Gasteiger partial charge in [-0.05, 0) is 0 Å². The Balaban J connectivity index is 3.01. The van der Waals surface area contributed by atoms with Crippen molar-refractivity contribution in [1.29, 1.82) is 0 Å². The molecule has 0 fully saturated rings. The molecule has 1 heterocycles. The Bertz CT molecular complexity index is 204. The molecule has 4 heteroatoms. The average Bonchev–Trinajstić information content (AvgIpc) is 1.89. The first-order valence-corrected chi connectivity index (χ1v) is 2.40. The van der Waals surface area contributed by atoms with Crippen LogP contribution < -0.4 is 0 Å². The van der Waals surface area contributed by atoms with Gasteiger partial charge in [-0.3, -0.25) is 0 Å². The summed E-state index contributed by atoms with van der Waals surface area (Å²) in [6.45, 7) is -0.381. The van der Waals surface area contributed by atoms with Crippen LogP contribution in [-0.2, 0) is 6.61 Å². The molecular weight excluding hydrogens is 123 g/mol. The van der Waals surface area contributed by atoms with Gasteiger partial charge in [-0.15, -0.1) is 0 Å². The maximum absolute atomic E-state index is 12.3. The molecule has 0 aliphatic rings. The molecule has 9 heavy (non-hydrogen) atoms. The lowest BCUT2D eigenvalue weighted by Crippen LogP contribution is -1.94. The summed E-state index contributed by atoms with van der Waals surface area (Å²) >= 11 is 0. The lowest BCUT2D eigenvalue weighted by molar-refractivity contribution is 0.269. The monoisotopic (exact) mass is 128 g/mol. The second kappa shape index (κ2) is 2.50. The van der Waals surface area contributed by atoms with E-state index in [1.807, 2.05) is 0 Å². The summed E-state index contributed by atoms with van der Waals surface area (Å²) in [5, 5.41) is 8.39. The van der Waals surface area contributed by atoms with E-state index in [1.54, 1.807) is 0 Å². The van der Waals surface area contributed by atoms with Crippen molar-refractivity contribution in [3.05, 3.63) is 24.0 Å². The molecule has 0 aliphatic carbocycles. The average molecular weight is 128 g/mol. The summed E-state index contributed by atoms with van der Waals surface area (Å²) in [6, 6.07) is 0. The topological polar surface area (TPSA) is 46.0 Å². The fourth-order valence-corrected chi connectivity index (χ4v) is 0.454. The van der Waals surface area contributed by atoms with E-state index in [0.29, 0.717) is 0 Å². The molecule has 1 aromatic heterocycles. The van der Waals surface area contributed by atoms with Crippen molar-refractivity contribution < 1.29 is 9.50 Å². The highest BCUT2D eigenvalue weighted by atomic mass is 19.1. The Labute approximate surface area is 51.2 Å². The Morgan fingerprint density at radius 2 is 2.44 bits per heavy atom. The molecule has 1 rings (SSSR count). The Hall–Kier alpha value is -1.03. The molecule has 0 amide bonds. The van der Waals surface area contributed by atoms with E-state index in [-0.39, 0.29) is 12.3 Å². The second-order valence-corrected chi connectivity index (χ2v) is 1.48. The van der Waals surface area contributed by atoms with Crippen LogP contribution in [0.2, 0.25) is 0 Å². The van der Waals surface area contributed by atoms with Crippen molar-refractivity contribution in [3.8, 4) is 0 Å². The number of aliphatic hydroxyl groups is 1. The van der Waals surface area contributed by atoms with Crippen LogP contribution in [0.5, 0.6) is 0 Å². The lowest BCUT2D eigenvalue weighted by atomic mass is 10.4. The van der Waals surface area contributed by atoms with Crippen LogP contribution in [0.25, 0.3) is 0 Å². The normalized spacial score (nSPS) is 9.56. The summed E-state index contributed by atoms with van der Waals surface area (Å²) in [7, 11) is 0. The van der Waals surface area contributed by atoms with Crippen LogP contribution >= 0.6 is 0 Å². The first-order chi connectivity index (χ1) is 4.34. The quantitative estimate of drug-likeness (QED) is 0.583. The third kappa shape index (κ3) is 1.20. The van der Waals surface area contributed by atoms with Gasteiger partial charge in [-0.25, -0.2) is 14.4 Å². The Morgan fingerprint density at radius 3 is 2.89 bits per heavy atom. The minimum absolute atomic E-state index is 0.0324.